The van der Waals surface area contributed by atoms with E-state index in [1.807, 2.05) is 11.8 Å². The Balaban J connectivity index is 1.88. The van der Waals surface area contributed by atoms with Crippen molar-refractivity contribution in [1.82, 2.24) is 14.7 Å². The van der Waals surface area contributed by atoms with Crippen molar-refractivity contribution in [2.45, 2.75) is 58.0 Å². The van der Waals surface area contributed by atoms with Crippen molar-refractivity contribution in [1.29, 1.82) is 0 Å². The van der Waals surface area contributed by atoms with Crippen LogP contribution in [0.15, 0.2) is 12.4 Å². The van der Waals surface area contributed by atoms with Crippen LogP contribution in [-0.2, 0) is 11.3 Å². The molecule has 1 heterocycles. The third-order valence-corrected chi connectivity index (χ3v) is 4.06. The highest BCUT2D eigenvalue weighted by molar-refractivity contribution is 5.76. The summed E-state index contributed by atoms with van der Waals surface area (Å²) in [5, 5.41) is 14.5. The molecular formula is C14H22N4O3. The van der Waals surface area contributed by atoms with Crippen LogP contribution in [0.2, 0.25) is 0 Å². The molecule has 0 spiro atoms. The molecule has 1 aliphatic carbocycles. The second-order valence-corrected chi connectivity index (χ2v) is 5.44. The van der Waals surface area contributed by atoms with Gasteiger partial charge >= 0.3 is 5.69 Å². The zero-order valence-corrected chi connectivity index (χ0v) is 12.4. The average molecular weight is 294 g/mol. The third kappa shape index (κ3) is 4.03. The van der Waals surface area contributed by atoms with Crippen molar-refractivity contribution in [2.24, 2.45) is 0 Å². The maximum atomic E-state index is 12.3. The van der Waals surface area contributed by atoms with Gasteiger partial charge in [0.25, 0.3) is 0 Å². The summed E-state index contributed by atoms with van der Waals surface area (Å²) in [6.45, 7) is 3.11. The van der Waals surface area contributed by atoms with Gasteiger partial charge in [0.15, 0.2) is 0 Å². The van der Waals surface area contributed by atoms with Crippen molar-refractivity contribution in [3.05, 3.63) is 22.5 Å². The van der Waals surface area contributed by atoms with Crippen LogP contribution in [0, 0.1) is 10.1 Å². The van der Waals surface area contributed by atoms with Crippen molar-refractivity contribution >= 4 is 11.6 Å². The molecule has 1 aromatic heterocycles. The summed E-state index contributed by atoms with van der Waals surface area (Å²) in [5.74, 6) is 0.113. The largest absolute Gasteiger partial charge is 0.340 e. The number of carbonyl (C=O) groups excluding carboxylic acids is 1. The van der Waals surface area contributed by atoms with Gasteiger partial charge < -0.3 is 4.90 Å². The second kappa shape index (κ2) is 7.19. The fourth-order valence-electron chi connectivity index (χ4n) is 2.95. The number of hydrogen-bond acceptors (Lipinski definition) is 4. The number of carbonyl (C=O) groups is 1. The molecule has 0 saturated heterocycles. The highest BCUT2D eigenvalue weighted by Gasteiger charge is 2.23. The monoisotopic (exact) mass is 294 g/mol. The van der Waals surface area contributed by atoms with Gasteiger partial charge in [-0.1, -0.05) is 19.3 Å². The Hall–Kier alpha value is -1.92. The lowest BCUT2D eigenvalue weighted by molar-refractivity contribution is -0.385. The van der Waals surface area contributed by atoms with Crippen LogP contribution in [0.1, 0.15) is 45.4 Å². The number of rotatable bonds is 6. The summed E-state index contributed by atoms with van der Waals surface area (Å²) >= 11 is 0. The molecule has 7 heteroatoms. The molecule has 0 atom stereocenters. The maximum Gasteiger partial charge on any atom is 0.306 e. The summed E-state index contributed by atoms with van der Waals surface area (Å²) in [5.41, 5.74) is -0.0397. The summed E-state index contributed by atoms with van der Waals surface area (Å²) in [4.78, 5) is 24.4. The normalized spacial score (nSPS) is 15.9. The Morgan fingerprint density at radius 3 is 2.76 bits per heavy atom. The van der Waals surface area contributed by atoms with Gasteiger partial charge in [-0.25, -0.2) is 0 Å². The molecule has 2 rings (SSSR count). The minimum atomic E-state index is -0.480. The van der Waals surface area contributed by atoms with E-state index in [2.05, 4.69) is 5.10 Å². The molecule has 21 heavy (non-hydrogen) atoms. The van der Waals surface area contributed by atoms with Gasteiger partial charge in [0.2, 0.25) is 5.91 Å². The molecule has 0 bridgehead atoms. The van der Waals surface area contributed by atoms with Crippen molar-refractivity contribution in [3.63, 3.8) is 0 Å². The minimum absolute atomic E-state index is 0.0397. The Kier molecular flexibility index (Phi) is 5.30. The van der Waals surface area contributed by atoms with E-state index in [1.165, 1.54) is 36.3 Å². The molecule has 0 aromatic carbocycles. The first-order chi connectivity index (χ1) is 10.1. The fraction of sp³-hybridized carbons (Fsp3) is 0.714. The average Bonchev–Trinajstić information content (AvgIpc) is 2.96. The number of hydrogen-bond donors (Lipinski definition) is 0. The topological polar surface area (TPSA) is 81.3 Å². The van der Waals surface area contributed by atoms with E-state index in [1.54, 1.807) is 0 Å². The van der Waals surface area contributed by atoms with Gasteiger partial charge in [-0.3, -0.25) is 19.6 Å². The van der Waals surface area contributed by atoms with Crippen molar-refractivity contribution in [2.75, 3.05) is 6.54 Å². The Morgan fingerprint density at radius 2 is 2.19 bits per heavy atom. The van der Waals surface area contributed by atoms with Gasteiger partial charge in [-0.15, -0.1) is 0 Å². The van der Waals surface area contributed by atoms with E-state index in [4.69, 9.17) is 0 Å². The molecule has 1 aliphatic rings. The van der Waals surface area contributed by atoms with E-state index >= 15 is 0 Å². The molecule has 1 amide bonds. The Morgan fingerprint density at radius 1 is 1.48 bits per heavy atom. The first-order valence-electron chi connectivity index (χ1n) is 7.58. The summed E-state index contributed by atoms with van der Waals surface area (Å²) < 4.78 is 1.46. The smallest absolute Gasteiger partial charge is 0.306 e. The molecule has 1 aromatic rings. The minimum Gasteiger partial charge on any atom is -0.340 e. The van der Waals surface area contributed by atoms with Crippen LogP contribution in [0.4, 0.5) is 5.69 Å². The zero-order chi connectivity index (χ0) is 15.2. The molecule has 0 unspecified atom stereocenters. The predicted molar refractivity (Wildman–Crippen MR) is 77.8 cm³/mol. The molecule has 0 N–H and O–H groups in total. The van der Waals surface area contributed by atoms with Crippen LogP contribution < -0.4 is 0 Å². The fourth-order valence-corrected chi connectivity index (χ4v) is 2.95. The zero-order valence-electron chi connectivity index (χ0n) is 12.4. The van der Waals surface area contributed by atoms with Crippen LogP contribution in [-0.4, -0.2) is 38.1 Å². The van der Waals surface area contributed by atoms with Crippen LogP contribution >= 0.6 is 0 Å². The van der Waals surface area contributed by atoms with E-state index < -0.39 is 4.92 Å². The lowest BCUT2D eigenvalue weighted by atomic mass is 9.94. The van der Waals surface area contributed by atoms with Gasteiger partial charge in [0.05, 0.1) is 4.92 Å². The highest BCUT2D eigenvalue weighted by Crippen LogP contribution is 2.23. The molecule has 116 valence electrons. The molecule has 0 aliphatic heterocycles. The van der Waals surface area contributed by atoms with Gasteiger partial charge in [0, 0.05) is 25.6 Å². The quantitative estimate of drug-likeness (QED) is 0.595. The SMILES string of the molecule is CCN(C(=O)CCn1cc([N+](=O)[O-])cn1)C1CCCCC1. The Labute approximate surface area is 124 Å². The highest BCUT2D eigenvalue weighted by atomic mass is 16.6. The van der Waals surface area contributed by atoms with E-state index in [9.17, 15) is 14.9 Å². The van der Waals surface area contributed by atoms with Gasteiger partial charge in [-0.2, -0.15) is 5.10 Å². The number of aromatic nitrogens is 2. The number of amides is 1. The Bertz CT molecular complexity index is 494. The number of nitro groups is 1. The summed E-state index contributed by atoms with van der Waals surface area (Å²) in [6, 6.07) is 0.364. The molecule has 1 saturated carbocycles. The molecule has 0 radical (unpaired) electrons. The maximum absolute atomic E-state index is 12.3. The second-order valence-electron chi connectivity index (χ2n) is 5.44. The third-order valence-electron chi connectivity index (χ3n) is 4.06. The molecule has 1 fully saturated rings. The van der Waals surface area contributed by atoms with Crippen molar-refractivity contribution < 1.29 is 9.72 Å². The predicted octanol–water partition coefficient (Wildman–Crippen LogP) is 2.36. The summed E-state index contributed by atoms with van der Waals surface area (Å²) in [7, 11) is 0. The lowest BCUT2D eigenvalue weighted by Crippen LogP contribution is -2.41. The van der Waals surface area contributed by atoms with E-state index in [-0.39, 0.29) is 11.6 Å². The van der Waals surface area contributed by atoms with Gasteiger partial charge in [-0.05, 0) is 19.8 Å². The number of aryl methyl sites for hydroxylation is 1. The van der Waals surface area contributed by atoms with E-state index in [0.717, 1.165) is 19.4 Å². The first kappa shape index (κ1) is 15.5. The van der Waals surface area contributed by atoms with Crippen molar-refractivity contribution in [3.8, 4) is 0 Å². The first-order valence-corrected chi connectivity index (χ1v) is 7.58. The lowest BCUT2D eigenvalue weighted by Gasteiger charge is -2.33. The molecular weight excluding hydrogens is 272 g/mol. The van der Waals surface area contributed by atoms with Gasteiger partial charge in [0.1, 0.15) is 12.4 Å². The summed E-state index contributed by atoms with van der Waals surface area (Å²) in [6.07, 6.45) is 8.75. The molecule has 7 nitrogen and oxygen atoms in total. The van der Waals surface area contributed by atoms with Crippen LogP contribution in [0.25, 0.3) is 0 Å². The standard InChI is InChI=1S/C14H22N4O3/c1-2-17(12-6-4-3-5-7-12)14(19)8-9-16-11-13(10-15-16)18(20)21/h10-12H,2-9H2,1H3. The van der Waals surface area contributed by atoms with E-state index in [0.29, 0.717) is 19.0 Å². The number of nitrogens with zero attached hydrogens (tertiary/aromatic N) is 4. The van der Waals surface area contributed by atoms with Crippen LogP contribution in [0.5, 0.6) is 0 Å². The van der Waals surface area contributed by atoms with Crippen LogP contribution in [0.3, 0.4) is 0 Å².